The molecule has 0 atom stereocenters. The zero-order valence-corrected chi connectivity index (χ0v) is 6.92. The molecule has 5 heteroatoms. The number of nitrogens with one attached hydrogen (secondary N) is 3. The number of carbonyl (C=O) groups excluding carboxylic acids is 1. The molecule has 0 saturated carbocycles. The summed E-state index contributed by atoms with van der Waals surface area (Å²) in [4.78, 5) is 17.7. The smallest absolute Gasteiger partial charge is 0.240 e. The number of aromatic nitrogens is 2. The van der Waals surface area contributed by atoms with Gasteiger partial charge in [0.05, 0.1) is 6.54 Å². The van der Waals surface area contributed by atoms with Crippen LogP contribution in [0.4, 0.5) is 5.95 Å². The van der Waals surface area contributed by atoms with Crippen molar-refractivity contribution in [1.82, 2.24) is 15.3 Å². The number of likely N-dealkylation sites (N-methyl/N-ethyl adjacent to an activating group) is 1. The van der Waals surface area contributed by atoms with E-state index < -0.39 is 0 Å². The van der Waals surface area contributed by atoms with Crippen LogP contribution in [0.5, 0.6) is 0 Å². The minimum atomic E-state index is -0.0909. The number of imidazole rings is 1. The minimum absolute atomic E-state index is 0.0909. The fourth-order valence-corrected chi connectivity index (χ4v) is 0.748. The summed E-state index contributed by atoms with van der Waals surface area (Å²) in [5.74, 6) is 0.393. The fraction of sp³-hybridized carbons (Fsp3) is 0.429. The largest absolute Gasteiger partial charge is 0.331 e. The summed E-state index contributed by atoms with van der Waals surface area (Å²) in [5.41, 5.74) is 0. The minimum Gasteiger partial charge on any atom is -0.331 e. The molecule has 1 amide bonds. The van der Waals surface area contributed by atoms with Crippen LogP contribution in [0.2, 0.25) is 0 Å². The number of H-pyrrole nitrogens is 1. The van der Waals surface area contributed by atoms with Crippen LogP contribution in [-0.4, -0.2) is 29.0 Å². The van der Waals surface area contributed by atoms with Gasteiger partial charge in [0.25, 0.3) is 0 Å². The molecule has 0 aromatic carbocycles. The molecular weight excluding hydrogens is 156 g/mol. The predicted molar refractivity (Wildman–Crippen MR) is 45.8 cm³/mol. The molecule has 3 N–H and O–H groups in total. The molecule has 0 saturated heterocycles. The number of rotatable bonds is 4. The molecule has 1 rings (SSSR count). The number of aromatic amines is 1. The van der Waals surface area contributed by atoms with Crippen molar-refractivity contribution >= 4 is 11.9 Å². The molecule has 0 spiro atoms. The van der Waals surface area contributed by atoms with Crippen LogP contribution in [0.25, 0.3) is 0 Å². The number of carbonyl (C=O) groups is 1. The molecule has 1 aromatic heterocycles. The van der Waals surface area contributed by atoms with Crippen molar-refractivity contribution < 1.29 is 4.79 Å². The fourth-order valence-electron chi connectivity index (χ4n) is 0.748. The van der Waals surface area contributed by atoms with E-state index in [1.807, 2.05) is 6.92 Å². The van der Waals surface area contributed by atoms with Crippen LogP contribution in [0.1, 0.15) is 6.92 Å². The van der Waals surface area contributed by atoms with Crippen molar-refractivity contribution in [3.05, 3.63) is 12.4 Å². The first kappa shape index (κ1) is 8.73. The van der Waals surface area contributed by atoms with Gasteiger partial charge in [-0.25, -0.2) is 4.98 Å². The topological polar surface area (TPSA) is 69.8 Å². The maximum absolute atomic E-state index is 11.0. The molecule has 0 unspecified atom stereocenters. The lowest BCUT2D eigenvalue weighted by Crippen LogP contribution is -2.28. The monoisotopic (exact) mass is 168 g/mol. The van der Waals surface area contributed by atoms with Crippen LogP contribution < -0.4 is 10.6 Å². The average molecular weight is 168 g/mol. The van der Waals surface area contributed by atoms with E-state index in [0.29, 0.717) is 12.5 Å². The van der Waals surface area contributed by atoms with E-state index in [0.717, 1.165) is 6.54 Å². The van der Waals surface area contributed by atoms with Crippen LogP contribution in [0, 0.1) is 0 Å². The van der Waals surface area contributed by atoms with Gasteiger partial charge in [-0.3, -0.25) is 10.1 Å². The Labute approximate surface area is 70.6 Å². The van der Waals surface area contributed by atoms with Crippen molar-refractivity contribution in [2.45, 2.75) is 6.92 Å². The second-order valence-electron chi connectivity index (χ2n) is 2.27. The highest BCUT2D eigenvalue weighted by Crippen LogP contribution is 1.92. The molecule has 5 nitrogen and oxygen atoms in total. The number of hydrogen-bond donors (Lipinski definition) is 3. The Kier molecular flexibility index (Phi) is 3.28. The SMILES string of the molecule is CCNCC(=O)Nc1ncc[nH]1. The number of amides is 1. The van der Waals surface area contributed by atoms with Gasteiger partial charge in [0, 0.05) is 12.4 Å². The van der Waals surface area contributed by atoms with Gasteiger partial charge >= 0.3 is 0 Å². The molecule has 0 aliphatic carbocycles. The summed E-state index contributed by atoms with van der Waals surface area (Å²) in [6, 6.07) is 0. The molecule has 0 bridgehead atoms. The Morgan fingerprint density at radius 1 is 1.75 bits per heavy atom. The average Bonchev–Trinajstić information content (AvgIpc) is 2.53. The van der Waals surface area contributed by atoms with Crippen LogP contribution in [-0.2, 0) is 4.79 Å². The maximum atomic E-state index is 11.0. The van der Waals surface area contributed by atoms with E-state index >= 15 is 0 Å². The Morgan fingerprint density at radius 2 is 2.58 bits per heavy atom. The van der Waals surface area contributed by atoms with Gasteiger partial charge < -0.3 is 10.3 Å². The van der Waals surface area contributed by atoms with E-state index in [-0.39, 0.29) is 5.91 Å². The highest BCUT2D eigenvalue weighted by molar-refractivity contribution is 5.90. The molecule has 66 valence electrons. The second kappa shape index (κ2) is 4.50. The molecule has 0 fully saturated rings. The molecule has 0 aliphatic heterocycles. The first-order valence-electron chi connectivity index (χ1n) is 3.83. The molecular formula is C7H12N4O. The van der Waals surface area contributed by atoms with Gasteiger partial charge in [-0.05, 0) is 6.54 Å². The van der Waals surface area contributed by atoms with Gasteiger partial charge in [0.2, 0.25) is 11.9 Å². The van der Waals surface area contributed by atoms with Crippen LogP contribution in [0.15, 0.2) is 12.4 Å². The predicted octanol–water partition coefficient (Wildman–Crippen LogP) is -0.0423. The van der Waals surface area contributed by atoms with Crippen LogP contribution in [0.3, 0.4) is 0 Å². The Balaban J connectivity index is 2.27. The van der Waals surface area contributed by atoms with E-state index in [4.69, 9.17) is 0 Å². The number of hydrogen-bond acceptors (Lipinski definition) is 3. The van der Waals surface area contributed by atoms with E-state index in [1.54, 1.807) is 12.4 Å². The van der Waals surface area contributed by atoms with Crippen LogP contribution >= 0.6 is 0 Å². The van der Waals surface area contributed by atoms with Crippen molar-refractivity contribution in [3.8, 4) is 0 Å². The first-order chi connectivity index (χ1) is 5.83. The van der Waals surface area contributed by atoms with E-state index in [2.05, 4.69) is 20.6 Å². The Hall–Kier alpha value is -1.36. The zero-order valence-electron chi connectivity index (χ0n) is 6.92. The lowest BCUT2D eigenvalue weighted by Gasteiger charge is -2.00. The zero-order chi connectivity index (χ0) is 8.81. The third-order valence-electron chi connectivity index (χ3n) is 1.29. The lowest BCUT2D eigenvalue weighted by molar-refractivity contribution is -0.115. The van der Waals surface area contributed by atoms with Gasteiger partial charge in [0.15, 0.2) is 0 Å². The summed E-state index contributed by atoms with van der Waals surface area (Å²) < 4.78 is 0. The van der Waals surface area contributed by atoms with E-state index in [9.17, 15) is 4.79 Å². The number of nitrogens with zero attached hydrogens (tertiary/aromatic N) is 1. The summed E-state index contributed by atoms with van der Waals surface area (Å²) in [7, 11) is 0. The Bertz CT molecular complexity index is 232. The normalized spacial score (nSPS) is 9.75. The quantitative estimate of drug-likeness (QED) is 0.590. The second-order valence-corrected chi connectivity index (χ2v) is 2.27. The lowest BCUT2D eigenvalue weighted by atomic mass is 10.5. The number of anilines is 1. The van der Waals surface area contributed by atoms with Gasteiger partial charge in [0.1, 0.15) is 0 Å². The molecule has 0 radical (unpaired) electrons. The molecule has 12 heavy (non-hydrogen) atoms. The van der Waals surface area contributed by atoms with Gasteiger partial charge in [-0.1, -0.05) is 6.92 Å². The van der Waals surface area contributed by atoms with Crippen molar-refractivity contribution in [2.75, 3.05) is 18.4 Å². The molecule has 1 aromatic rings. The van der Waals surface area contributed by atoms with Crippen molar-refractivity contribution in [3.63, 3.8) is 0 Å². The van der Waals surface area contributed by atoms with Gasteiger partial charge in [-0.2, -0.15) is 0 Å². The van der Waals surface area contributed by atoms with E-state index in [1.165, 1.54) is 0 Å². The van der Waals surface area contributed by atoms with Crippen molar-refractivity contribution in [1.29, 1.82) is 0 Å². The molecule has 1 heterocycles. The Morgan fingerprint density at radius 3 is 3.17 bits per heavy atom. The summed E-state index contributed by atoms with van der Waals surface area (Å²) in [6.45, 7) is 3.04. The highest BCUT2D eigenvalue weighted by Gasteiger charge is 2.00. The summed E-state index contributed by atoms with van der Waals surface area (Å²) in [5, 5.41) is 5.50. The maximum Gasteiger partial charge on any atom is 0.240 e. The third-order valence-corrected chi connectivity index (χ3v) is 1.29. The highest BCUT2D eigenvalue weighted by atomic mass is 16.2. The summed E-state index contributed by atoms with van der Waals surface area (Å²) in [6.07, 6.45) is 3.24. The third kappa shape index (κ3) is 2.71. The van der Waals surface area contributed by atoms with Gasteiger partial charge in [-0.15, -0.1) is 0 Å². The molecule has 0 aliphatic rings. The standard InChI is InChI=1S/C7H12N4O/c1-2-8-5-6(12)11-7-9-3-4-10-7/h3-4,8H,2,5H2,1H3,(H2,9,10,11,12). The van der Waals surface area contributed by atoms with Crippen molar-refractivity contribution in [2.24, 2.45) is 0 Å². The first-order valence-corrected chi connectivity index (χ1v) is 3.83. The summed E-state index contributed by atoms with van der Waals surface area (Å²) >= 11 is 0.